The summed E-state index contributed by atoms with van der Waals surface area (Å²) in [4.78, 5) is 21.4. The Balaban J connectivity index is 1.53. The van der Waals surface area contributed by atoms with Crippen molar-refractivity contribution in [2.45, 2.75) is 19.2 Å². The molecule has 3 aromatic rings. The summed E-state index contributed by atoms with van der Waals surface area (Å²) in [6.07, 6.45) is -4.35. The highest BCUT2D eigenvalue weighted by Crippen LogP contribution is 2.31. The van der Waals surface area contributed by atoms with Gasteiger partial charge in [0.2, 0.25) is 5.91 Å². The van der Waals surface area contributed by atoms with E-state index in [-0.39, 0.29) is 18.9 Å². The second-order valence-electron chi connectivity index (χ2n) is 5.70. The molecule has 1 amide bonds. The summed E-state index contributed by atoms with van der Waals surface area (Å²) < 4.78 is 37.8. The van der Waals surface area contributed by atoms with Gasteiger partial charge in [0.05, 0.1) is 24.3 Å². The minimum atomic E-state index is -4.37. The predicted molar refractivity (Wildman–Crippen MR) is 95.6 cm³/mol. The fourth-order valence-corrected chi connectivity index (χ4v) is 3.12. The number of aromatic nitrogens is 1. The van der Waals surface area contributed by atoms with Gasteiger partial charge < -0.3 is 0 Å². The minimum Gasteiger partial charge on any atom is -0.272 e. The molecule has 1 N–H and O–H groups in total. The van der Waals surface area contributed by atoms with Crippen molar-refractivity contribution in [3.63, 3.8) is 0 Å². The molecule has 0 fully saturated rings. The maximum atomic E-state index is 12.6. The van der Waals surface area contributed by atoms with Crippen LogP contribution in [0.15, 0.2) is 60.0 Å². The molecule has 1 heterocycles. The first-order valence-corrected chi connectivity index (χ1v) is 8.86. The Bertz CT molecular complexity index is 893. The average Bonchev–Trinajstić information content (AvgIpc) is 3.10. The standard InChI is InChI=1S/C19H15F3N2O2S/c20-19(21,22)15-8-6-14(7-9-15)18-23-16(12-27-18)10-17(25)24-26-11-13-4-2-1-3-5-13/h1-9,12H,10-11H2,(H,24,25). The van der Waals surface area contributed by atoms with Gasteiger partial charge >= 0.3 is 6.18 Å². The molecule has 1 aromatic heterocycles. The Morgan fingerprint density at radius 2 is 1.78 bits per heavy atom. The molecule has 0 aliphatic carbocycles. The van der Waals surface area contributed by atoms with Crippen molar-refractivity contribution < 1.29 is 22.8 Å². The normalized spacial score (nSPS) is 11.4. The summed E-state index contributed by atoms with van der Waals surface area (Å²) in [7, 11) is 0. The van der Waals surface area contributed by atoms with Crippen molar-refractivity contribution >= 4 is 17.2 Å². The van der Waals surface area contributed by atoms with Gasteiger partial charge in [0.15, 0.2) is 0 Å². The van der Waals surface area contributed by atoms with Gasteiger partial charge in [0.25, 0.3) is 0 Å². The Kier molecular flexibility index (Phi) is 5.88. The molecule has 8 heteroatoms. The lowest BCUT2D eigenvalue weighted by Crippen LogP contribution is -2.25. The van der Waals surface area contributed by atoms with Gasteiger partial charge in [-0.3, -0.25) is 9.63 Å². The maximum Gasteiger partial charge on any atom is 0.416 e. The van der Waals surface area contributed by atoms with Crippen molar-refractivity contribution in [2.24, 2.45) is 0 Å². The van der Waals surface area contributed by atoms with Crippen molar-refractivity contribution in [2.75, 3.05) is 0 Å². The van der Waals surface area contributed by atoms with Crippen LogP contribution < -0.4 is 5.48 Å². The van der Waals surface area contributed by atoms with Crippen LogP contribution in [0.3, 0.4) is 0 Å². The van der Waals surface area contributed by atoms with Crippen LogP contribution in [-0.2, 0) is 28.8 Å². The van der Waals surface area contributed by atoms with Crippen LogP contribution in [0.1, 0.15) is 16.8 Å². The molecule has 4 nitrogen and oxygen atoms in total. The Morgan fingerprint density at radius 1 is 1.07 bits per heavy atom. The molecular weight excluding hydrogens is 377 g/mol. The molecule has 27 heavy (non-hydrogen) atoms. The predicted octanol–water partition coefficient (Wildman–Crippen LogP) is 4.62. The van der Waals surface area contributed by atoms with Crippen LogP contribution >= 0.6 is 11.3 Å². The molecule has 0 saturated heterocycles. The SMILES string of the molecule is O=C(Cc1csc(-c2ccc(C(F)(F)F)cc2)n1)NOCc1ccccc1. The van der Waals surface area contributed by atoms with E-state index in [0.717, 1.165) is 17.7 Å². The molecule has 0 unspecified atom stereocenters. The van der Waals surface area contributed by atoms with Crippen LogP contribution in [0, 0.1) is 0 Å². The summed E-state index contributed by atoms with van der Waals surface area (Å²) in [6, 6.07) is 14.2. The number of rotatable bonds is 6. The molecule has 2 aromatic carbocycles. The number of hydrogen-bond donors (Lipinski definition) is 1. The molecule has 0 spiro atoms. The number of thiazole rings is 1. The number of alkyl halides is 3. The van der Waals surface area contributed by atoms with E-state index in [0.29, 0.717) is 16.3 Å². The van der Waals surface area contributed by atoms with Gasteiger partial charge in [-0.05, 0) is 17.7 Å². The zero-order valence-corrected chi connectivity index (χ0v) is 14.8. The highest BCUT2D eigenvalue weighted by atomic mass is 32.1. The first-order valence-electron chi connectivity index (χ1n) is 7.98. The summed E-state index contributed by atoms with van der Waals surface area (Å²) >= 11 is 1.27. The number of carbonyl (C=O) groups excluding carboxylic acids is 1. The number of nitrogens with zero attached hydrogens (tertiary/aromatic N) is 1. The van der Waals surface area contributed by atoms with E-state index < -0.39 is 11.7 Å². The highest BCUT2D eigenvalue weighted by molar-refractivity contribution is 7.13. The van der Waals surface area contributed by atoms with Crippen molar-refractivity contribution in [3.05, 3.63) is 76.8 Å². The van der Waals surface area contributed by atoms with Gasteiger partial charge in [-0.1, -0.05) is 42.5 Å². The number of nitrogens with one attached hydrogen (secondary N) is 1. The lowest BCUT2D eigenvalue weighted by Gasteiger charge is -2.06. The highest BCUT2D eigenvalue weighted by Gasteiger charge is 2.30. The van der Waals surface area contributed by atoms with Crippen LogP contribution in [0.4, 0.5) is 13.2 Å². The molecule has 0 bridgehead atoms. The lowest BCUT2D eigenvalue weighted by atomic mass is 10.1. The van der Waals surface area contributed by atoms with Crippen molar-refractivity contribution in [3.8, 4) is 10.6 Å². The first-order chi connectivity index (χ1) is 12.9. The van der Waals surface area contributed by atoms with Crippen LogP contribution in [-0.4, -0.2) is 10.9 Å². The van der Waals surface area contributed by atoms with E-state index in [1.807, 2.05) is 30.3 Å². The van der Waals surface area contributed by atoms with E-state index in [2.05, 4.69) is 10.5 Å². The van der Waals surface area contributed by atoms with E-state index in [1.165, 1.54) is 23.5 Å². The van der Waals surface area contributed by atoms with Crippen molar-refractivity contribution in [1.82, 2.24) is 10.5 Å². The summed E-state index contributed by atoms with van der Waals surface area (Å²) in [5, 5.41) is 2.25. The van der Waals surface area contributed by atoms with Crippen LogP contribution in [0.25, 0.3) is 10.6 Å². The Morgan fingerprint density at radius 3 is 2.44 bits per heavy atom. The maximum absolute atomic E-state index is 12.6. The van der Waals surface area contributed by atoms with E-state index >= 15 is 0 Å². The Hall–Kier alpha value is -2.71. The molecule has 0 saturated carbocycles. The van der Waals surface area contributed by atoms with E-state index in [4.69, 9.17) is 4.84 Å². The van der Waals surface area contributed by atoms with Crippen molar-refractivity contribution in [1.29, 1.82) is 0 Å². The number of hydrogen-bond acceptors (Lipinski definition) is 4. The zero-order chi connectivity index (χ0) is 19.3. The molecular formula is C19H15F3N2O2S. The summed E-state index contributed by atoms with van der Waals surface area (Å²) in [6.45, 7) is 0.250. The minimum absolute atomic E-state index is 0.0198. The molecule has 0 aliphatic heterocycles. The zero-order valence-electron chi connectivity index (χ0n) is 14.0. The smallest absolute Gasteiger partial charge is 0.272 e. The second kappa shape index (κ2) is 8.32. The summed E-state index contributed by atoms with van der Waals surface area (Å²) in [5.41, 5.74) is 3.66. The lowest BCUT2D eigenvalue weighted by molar-refractivity contribution is -0.137. The van der Waals surface area contributed by atoms with E-state index in [9.17, 15) is 18.0 Å². The molecule has 3 rings (SSSR count). The van der Waals surface area contributed by atoms with Gasteiger partial charge in [-0.2, -0.15) is 13.2 Å². The number of hydroxylamine groups is 1. The second-order valence-corrected chi connectivity index (χ2v) is 6.55. The fourth-order valence-electron chi connectivity index (χ4n) is 2.30. The molecule has 0 atom stereocenters. The van der Waals surface area contributed by atoms with Crippen LogP contribution in [0.5, 0.6) is 0 Å². The first kappa shape index (κ1) is 19.1. The number of carbonyl (C=O) groups is 1. The largest absolute Gasteiger partial charge is 0.416 e. The third kappa shape index (κ3) is 5.38. The van der Waals surface area contributed by atoms with Crippen LogP contribution in [0.2, 0.25) is 0 Å². The molecule has 0 aliphatic rings. The number of amides is 1. The third-order valence-corrected chi connectivity index (χ3v) is 4.56. The van der Waals surface area contributed by atoms with Gasteiger partial charge in [0, 0.05) is 10.9 Å². The quantitative estimate of drug-likeness (QED) is 0.623. The fraction of sp³-hybridized carbons (Fsp3) is 0.158. The Labute approximate surface area is 157 Å². The van der Waals surface area contributed by atoms with Gasteiger partial charge in [-0.15, -0.1) is 11.3 Å². The topological polar surface area (TPSA) is 51.2 Å². The molecule has 140 valence electrons. The molecule has 0 radical (unpaired) electrons. The monoisotopic (exact) mass is 392 g/mol. The average molecular weight is 392 g/mol. The number of halogens is 3. The van der Waals surface area contributed by atoms with Gasteiger partial charge in [-0.25, -0.2) is 10.5 Å². The third-order valence-electron chi connectivity index (χ3n) is 3.62. The van der Waals surface area contributed by atoms with Gasteiger partial charge in [0.1, 0.15) is 5.01 Å². The van der Waals surface area contributed by atoms with E-state index in [1.54, 1.807) is 5.38 Å². The summed E-state index contributed by atoms with van der Waals surface area (Å²) in [5.74, 6) is -0.352. The number of benzene rings is 2.